The van der Waals surface area contributed by atoms with Gasteiger partial charge in [-0.3, -0.25) is 4.79 Å². The lowest BCUT2D eigenvalue weighted by molar-refractivity contribution is -0.125. The Balaban J connectivity index is 1.49. The van der Waals surface area contributed by atoms with Crippen LogP contribution in [0, 0.1) is 0 Å². The predicted molar refractivity (Wildman–Crippen MR) is 175 cm³/mol. The molecule has 0 saturated carbocycles. The van der Waals surface area contributed by atoms with E-state index in [1.807, 2.05) is 48.7 Å². The smallest absolute Gasteiger partial charge is 0.239 e. The number of carbonyl (C=O) groups is 1. The summed E-state index contributed by atoms with van der Waals surface area (Å²) in [6.45, 7) is 4.39. The monoisotopic (exact) mass is 582 g/mol. The van der Waals surface area contributed by atoms with Gasteiger partial charge < -0.3 is 20.6 Å². The third kappa shape index (κ3) is 6.33. The predicted octanol–water partition coefficient (Wildman–Crippen LogP) is 6.17. The Morgan fingerprint density at radius 2 is 1.41 bits per heavy atom. The molecule has 6 aromatic rings. The molecule has 1 amide bonds. The molecular formula is C37H38N6O. The molecule has 4 aromatic carbocycles. The summed E-state index contributed by atoms with van der Waals surface area (Å²) >= 11 is 0. The van der Waals surface area contributed by atoms with Crippen LogP contribution in [-0.2, 0) is 17.8 Å². The second-order valence-electron chi connectivity index (χ2n) is 11.9. The molecule has 222 valence electrons. The van der Waals surface area contributed by atoms with E-state index in [9.17, 15) is 4.79 Å². The van der Waals surface area contributed by atoms with Crippen molar-refractivity contribution < 1.29 is 4.79 Å². The van der Waals surface area contributed by atoms with Crippen molar-refractivity contribution in [1.29, 1.82) is 0 Å². The zero-order valence-electron chi connectivity index (χ0n) is 25.2. The van der Waals surface area contributed by atoms with Crippen molar-refractivity contribution in [2.24, 2.45) is 5.73 Å². The highest BCUT2D eigenvalue weighted by Crippen LogP contribution is 2.33. The molecule has 0 saturated heterocycles. The quantitative estimate of drug-likeness (QED) is 0.170. The van der Waals surface area contributed by atoms with Gasteiger partial charge in [0.1, 0.15) is 11.6 Å². The van der Waals surface area contributed by atoms with Crippen LogP contribution < -0.4 is 11.1 Å². The molecule has 0 aliphatic carbocycles. The molecular weight excluding hydrogens is 544 g/mol. The van der Waals surface area contributed by atoms with Crippen LogP contribution in [0.5, 0.6) is 0 Å². The van der Waals surface area contributed by atoms with Gasteiger partial charge >= 0.3 is 0 Å². The van der Waals surface area contributed by atoms with E-state index in [1.165, 1.54) is 11.1 Å². The van der Waals surface area contributed by atoms with E-state index in [-0.39, 0.29) is 17.7 Å². The SMILES string of the molecule is CC(C)(N)C(=O)NCC(c1c[nH]c2ccccc12)c1nnc(Cc2ccccc2)n1CC(c1ccccc1)c1ccccc1. The minimum atomic E-state index is -1.01. The average Bonchev–Trinajstić information content (AvgIpc) is 3.65. The Kier molecular flexibility index (Phi) is 8.39. The number of benzene rings is 4. The minimum absolute atomic E-state index is 0.0582. The first kappa shape index (κ1) is 29.1. The van der Waals surface area contributed by atoms with Crippen molar-refractivity contribution in [1.82, 2.24) is 25.1 Å². The maximum atomic E-state index is 13.0. The Morgan fingerprint density at radius 3 is 2.05 bits per heavy atom. The number of fused-ring (bicyclic) bond motifs is 1. The molecule has 1 unspecified atom stereocenters. The largest absolute Gasteiger partial charge is 0.361 e. The number of para-hydroxylation sites is 1. The number of nitrogens with zero attached hydrogens (tertiary/aromatic N) is 3. The van der Waals surface area contributed by atoms with Gasteiger partial charge in [-0.2, -0.15) is 0 Å². The van der Waals surface area contributed by atoms with E-state index in [0.717, 1.165) is 33.7 Å². The third-order valence-electron chi connectivity index (χ3n) is 8.19. The van der Waals surface area contributed by atoms with Gasteiger partial charge in [-0.25, -0.2) is 0 Å². The number of hydrogen-bond donors (Lipinski definition) is 3. The van der Waals surface area contributed by atoms with Gasteiger partial charge in [-0.15, -0.1) is 10.2 Å². The number of hydrogen-bond acceptors (Lipinski definition) is 4. The van der Waals surface area contributed by atoms with Gasteiger partial charge in [0.05, 0.1) is 11.5 Å². The summed E-state index contributed by atoms with van der Waals surface area (Å²) < 4.78 is 2.27. The maximum absolute atomic E-state index is 13.0. The fourth-order valence-corrected chi connectivity index (χ4v) is 5.82. The van der Waals surface area contributed by atoms with Crippen LogP contribution in [0.4, 0.5) is 0 Å². The number of nitrogens with two attached hydrogens (primary N) is 1. The zero-order chi connectivity index (χ0) is 30.5. The second kappa shape index (κ2) is 12.7. The van der Waals surface area contributed by atoms with E-state index >= 15 is 0 Å². The topological polar surface area (TPSA) is 102 Å². The van der Waals surface area contributed by atoms with Crippen LogP contribution in [0.1, 0.15) is 59.6 Å². The van der Waals surface area contributed by atoms with Crippen molar-refractivity contribution in [3.05, 3.63) is 155 Å². The van der Waals surface area contributed by atoms with Gasteiger partial charge in [0.25, 0.3) is 0 Å². The van der Waals surface area contributed by atoms with E-state index in [1.54, 1.807) is 13.8 Å². The lowest BCUT2D eigenvalue weighted by atomic mass is 9.90. The number of rotatable bonds is 11. The molecule has 0 radical (unpaired) electrons. The van der Waals surface area contributed by atoms with E-state index in [4.69, 9.17) is 15.9 Å². The van der Waals surface area contributed by atoms with Gasteiger partial charge in [-0.05, 0) is 42.2 Å². The van der Waals surface area contributed by atoms with Crippen LogP contribution in [0.2, 0.25) is 0 Å². The number of aromatic nitrogens is 4. The number of amides is 1. The van der Waals surface area contributed by atoms with E-state index in [2.05, 4.69) is 87.7 Å². The first-order valence-electron chi connectivity index (χ1n) is 15.1. The molecule has 2 aromatic heterocycles. The summed E-state index contributed by atoms with van der Waals surface area (Å²) in [5.74, 6) is 1.24. The molecule has 2 heterocycles. The summed E-state index contributed by atoms with van der Waals surface area (Å²) in [5, 5.41) is 13.9. The Hall–Kier alpha value is -5.01. The summed E-state index contributed by atoms with van der Waals surface area (Å²) in [4.78, 5) is 16.4. The maximum Gasteiger partial charge on any atom is 0.239 e. The number of aromatic amines is 1. The van der Waals surface area contributed by atoms with Gasteiger partial charge in [0, 0.05) is 42.5 Å². The normalized spacial score (nSPS) is 12.5. The highest BCUT2D eigenvalue weighted by atomic mass is 16.2. The summed E-state index contributed by atoms with van der Waals surface area (Å²) in [5.41, 5.74) is 10.8. The van der Waals surface area contributed by atoms with E-state index < -0.39 is 5.54 Å². The molecule has 0 aliphatic rings. The van der Waals surface area contributed by atoms with Crippen LogP contribution in [-0.4, -0.2) is 37.7 Å². The highest BCUT2D eigenvalue weighted by Gasteiger charge is 2.30. The van der Waals surface area contributed by atoms with Crippen molar-refractivity contribution in [3.63, 3.8) is 0 Å². The minimum Gasteiger partial charge on any atom is -0.361 e. The Morgan fingerprint density at radius 1 is 0.818 bits per heavy atom. The molecule has 4 N–H and O–H groups in total. The van der Waals surface area contributed by atoms with Crippen molar-refractivity contribution in [3.8, 4) is 0 Å². The number of carbonyl (C=O) groups excluding carboxylic acids is 1. The Labute approximate surface area is 258 Å². The third-order valence-corrected chi connectivity index (χ3v) is 8.19. The number of H-pyrrole nitrogens is 1. The first-order valence-corrected chi connectivity index (χ1v) is 15.1. The van der Waals surface area contributed by atoms with Crippen LogP contribution in [0.3, 0.4) is 0 Å². The van der Waals surface area contributed by atoms with E-state index in [0.29, 0.717) is 19.5 Å². The van der Waals surface area contributed by atoms with Gasteiger partial charge in [0.2, 0.25) is 5.91 Å². The molecule has 44 heavy (non-hydrogen) atoms. The van der Waals surface area contributed by atoms with Crippen molar-refractivity contribution in [2.75, 3.05) is 6.54 Å². The Bertz CT molecular complexity index is 1780. The standard InChI is InChI=1S/C37H38N6O/c1-37(2,38)36(44)40-24-31(30-23-39-33-21-13-12-20-29(30)33)35-42-41-34(22-26-14-6-3-7-15-26)43(35)25-32(27-16-8-4-9-17-27)28-18-10-5-11-19-28/h3-21,23,31-32,39H,22,24-25,38H2,1-2H3,(H,40,44). The molecule has 0 aliphatic heterocycles. The molecule has 7 heteroatoms. The second-order valence-corrected chi connectivity index (χ2v) is 11.9. The average molecular weight is 583 g/mol. The highest BCUT2D eigenvalue weighted by molar-refractivity contribution is 5.86. The fraction of sp³-hybridized carbons (Fsp3) is 0.216. The fourth-order valence-electron chi connectivity index (χ4n) is 5.82. The summed E-state index contributed by atoms with van der Waals surface area (Å²) in [6.07, 6.45) is 2.66. The zero-order valence-corrected chi connectivity index (χ0v) is 25.2. The van der Waals surface area contributed by atoms with Crippen molar-refractivity contribution >= 4 is 16.8 Å². The lowest BCUT2D eigenvalue weighted by Gasteiger charge is -2.25. The molecule has 0 fully saturated rings. The number of nitrogens with one attached hydrogen (secondary N) is 2. The van der Waals surface area contributed by atoms with Crippen molar-refractivity contribution in [2.45, 2.75) is 44.2 Å². The van der Waals surface area contributed by atoms with Crippen LogP contribution >= 0.6 is 0 Å². The van der Waals surface area contributed by atoms with Gasteiger partial charge in [0.15, 0.2) is 0 Å². The molecule has 7 nitrogen and oxygen atoms in total. The summed E-state index contributed by atoms with van der Waals surface area (Å²) in [7, 11) is 0. The van der Waals surface area contributed by atoms with Crippen LogP contribution in [0.25, 0.3) is 10.9 Å². The summed E-state index contributed by atoms with van der Waals surface area (Å²) in [6, 6.07) is 39.7. The molecule has 6 rings (SSSR count). The first-order chi connectivity index (χ1) is 21.4. The van der Waals surface area contributed by atoms with Gasteiger partial charge in [-0.1, -0.05) is 109 Å². The lowest BCUT2D eigenvalue weighted by Crippen LogP contribution is -2.50. The molecule has 0 spiro atoms. The molecule has 1 atom stereocenters. The molecule has 0 bridgehead atoms. The van der Waals surface area contributed by atoms with Crippen LogP contribution in [0.15, 0.2) is 121 Å².